The van der Waals surface area contributed by atoms with E-state index in [1.165, 1.54) is 11.1 Å². The summed E-state index contributed by atoms with van der Waals surface area (Å²) in [4.78, 5) is 13.8. The number of nitrogens with zero attached hydrogens (tertiary/aromatic N) is 3. The highest BCUT2D eigenvalue weighted by atomic mass is 15.2. The maximum atomic E-state index is 4.74. The third-order valence-electron chi connectivity index (χ3n) is 5.52. The fourth-order valence-electron chi connectivity index (χ4n) is 3.78. The fourth-order valence-corrected chi connectivity index (χ4v) is 3.78. The Hall–Kier alpha value is -3.47. The van der Waals surface area contributed by atoms with E-state index in [9.17, 15) is 0 Å². The highest BCUT2D eigenvalue weighted by molar-refractivity contribution is 5.87. The Morgan fingerprint density at radius 2 is 1.22 bits per heavy atom. The molecule has 0 aliphatic rings. The summed E-state index contributed by atoms with van der Waals surface area (Å²) in [5.41, 5.74) is 3.50. The number of rotatable bonds is 12. The van der Waals surface area contributed by atoms with Gasteiger partial charge in [-0.05, 0) is 61.8 Å². The van der Waals surface area contributed by atoms with Gasteiger partial charge in [0.15, 0.2) is 5.65 Å². The van der Waals surface area contributed by atoms with E-state index in [1.807, 2.05) is 12.1 Å². The van der Waals surface area contributed by atoms with Gasteiger partial charge in [-0.1, -0.05) is 60.7 Å². The van der Waals surface area contributed by atoms with Crippen molar-refractivity contribution in [3.8, 4) is 0 Å². The number of pyridine rings is 1. The van der Waals surface area contributed by atoms with Crippen LogP contribution in [0.4, 0.5) is 11.8 Å². The Bertz CT molecular complexity index is 1080. The van der Waals surface area contributed by atoms with Crippen LogP contribution in [0.1, 0.15) is 36.8 Å². The van der Waals surface area contributed by atoms with Crippen molar-refractivity contribution >= 4 is 22.8 Å². The van der Waals surface area contributed by atoms with Crippen molar-refractivity contribution in [3.63, 3.8) is 0 Å². The Labute approximate surface area is 190 Å². The van der Waals surface area contributed by atoms with Gasteiger partial charge in [-0.15, -0.1) is 0 Å². The van der Waals surface area contributed by atoms with Crippen molar-refractivity contribution in [1.29, 1.82) is 0 Å². The second-order valence-corrected chi connectivity index (χ2v) is 8.01. The van der Waals surface area contributed by atoms with Crippen LogP contribution in [0, 0.1) is 0 Å². The van der Waals surface area contributed by atoms with Crippen LogP contribution in [0.3, 0.4) is 0 Å². The van der Waals surface area contributed by atoms with Gasteiger partial charge in [0.05, 0.1) is 5.39 Å². The lowest BCUT2D eigenvalue weighted by Crippen LogP contribution is -2.10. The van der Waals surface area contributed by atoms with E-state index in [-0.39, 0.29) is 0 Å². The average molecular weight is 426 g/mol. The van der Waals surface area contributed by atoms with Gasteiger partial charge in [0.25, 0.3) is 0 Å². The van der Waals surface area contributed by atoms with Gasteiger partial charge < -0.3 is 10.6 Å². The van der Waals surface area contributed by atoms with Crippen molar-refractivity contribution in [2.24, 2.45) is 0 Å². The van der Waals surface area contributed by atoms with E-state index >= 15 is 0 Å². The van der Waals surface area contributed by atoms with Crippen LogP contribution < -0.4 is 10.6 Å². The standard InChI is InChI=1S/C27H31N5/c1-3-12-22(13-4-1)16-7-9-19-28-25-24-18-11-21-29-26(24)32-27(31-25)30-20-10-8-17-23-14-5-2-6-15-23/h1-6,11-15,18,21H,7-10,16-17,19-20H2,(H2,28,29,30,31,32). The van der Waals surface area contributed by atoms with Gasteiger partial charge in [0.2, 0.25) is 5.95 Å². The average Bonchev–Trinajstić information content (AvgIpc) is 2.85. The molecule has 4 aromatic rings. The quantitative estimate of drug-likeness (QED) is 0.277. The van der Waals surface area contributed by atoms with Crippen LogP contribution in [-0.4, -0.2) is 28.0 Å². The second-order valence-electron chi connectivity index (χ2n) is 8.01. The van der Waals surface area contributed by atoms with Crippen LogP contribution >= 0.6 is 0 Å². The molecule has 0 spiro atoms. The fraction of sp³-hybridized carbons (Fsp3) is 0.296. The zero-order chi connectivity index (χ0) is 21.8. The van der Waals surface area contributed by atoms with Crippen molar-refractivity contribution in [3.05, 3.63) is 90.1 Å². The smallest absolute Gasteiger partial charge is 0.226 e. The molecule has 0 aliphatic carbocycles. The monoisotopic (exact) mass is 425 g/mol. The van der Waals surface area contributed by atoms with Crippen LogP contribution in [0.2, 0.25) is 0 Å². The molecular formula is C27H31N5. The Balaban J connectivity index is 1.27. The number of unbranched alkanes of at least 4 members (excludes halogenated alkanes) is 2. The number of hydrogen-bond acceptors (Lipinski definition) is 5. The number of anilines is 2. The lowest BCUT2D eigenvalue weighted by Gasteiger charge is -2.11. The first-order valence-electron chi connectivity index (χ1n) is 11.6. The Kier molecular flexibility index (Phi) is 8.02. The van der Waals surface area contributed by atoms with E-state index in [0.717, 1.165) is 68.5 Å². The minimum absolute atomic E-state index is 0.641. The molecule has 4 rings (SSSR count). The second kappa shape index (κ2) is 11.8. The highest BCUT2D eigenvalue weighted by Gasteiger charge is 2.08. The van der Waals surface area contributed by atoms with E-state index in [4.69, 9.17) is 4.98 Å². The van der Waals surface area contributed by atoms with Crippen molar-refractivity contribution < 1.29 is 0 Å². The topological polar surface area (TPSA) is 62.7 Å². The molecular weight excluding hydrogens is 394 g/mol. The van der Waals surface area contributed by atoms with Gasteiger partial charge in [0.1, 0.15) is 5.82 Å². The summed E-state index contributed by atoms with van der Waals surface area (Å²) in [5, 5.41) is 7.85. The number of fused-ring (bicyclic) bond motifs is 1. The molecule has 2 N–H and O–H groups in total. The molecule has 5 heteroatoms. The molecule has 2 aromatic carbocycles. The zero-order valence-electron chi connectivity index (χ0n) is 18.5. The molecule has 0 radical (unpaired) electrons. The van der Waals surface area contributed by atoms with Gasteiger partial charge in [-0.3, -0.25) is 0 Å². The highest BCUT2D eigenvalue weighted by Crippen LogP contribution is 2.20. The van der Waals surface area contributed by atoms with Crippen molar-refractivity contribution in [2.75, 3.05) is 23.7 Å². The molecule has 0 saturated heterocycles. The maximum Gasteiger partial charge on any atom is 0.226 e. The van der Waals surface area contributed by atoms with Gasteiger partial charge in [-0.2, -0.15) is 9.97 Å². The Morgan fingerprint density at radius 1 is 0.594 bits per heavy atom. The lowest BCUT2D eigenvalue weighted by atomic mass is 10.1. The molecule has 2 aromatic heterocycles. The summed E-state index contributed by atoms with van der Waals surface area (Å²) < 4.78 is 0. The summed E-state index contributed by atoms with van der Waals surface area (Å²) in [6.45, 7) is 1.73. The Morgan fingerprint density at radius 3 is 1.88 bits per heavy atom. The van der Waals surface area contributed by atoms with Crippen LogP contribution in [-0.2, 0) is 12.8 Å². The molecule has 2 heterocycles. The molecule has 0 atom stereocenters. The van der Waals surface area contributed by atoms with Crippen LogP contribution in [0.5, 0.6) is 0 Å². The number of benzene rings is 2. The summed E-state index contributed by atoms with van der Waals surface area (Å²) in [6, 6.07) is 25.2. The van der Waals surface area contributed by atoms with E-state index in [0.29, 0.717) is 5.95 Å². The third-order valence-corrected chi connectivity index (χ3v) is 5.52. The molecule has 0 fully saturated rings. The van der Waals surface area contributed by atoms with Gasteiger partial charge in [-0.25, -0.2) is 4.98 Å². The van der Waals surface area contributed by atoms with Gasteiger partial charge >= 0.3 is 0 Å². The zero-order valence-corrected chi connectivity index (χ0v) is 18.5. The minimum atomic E-state index is 0.641. The normalized spacial score (nSPS) is 10.9. The first-order valence-corrected chi connectivity index (χ1v) is 11.6. The van der Waals surface area contributed by atoms with E-state index < -0.39 is 0 Å². The van der Waals surface area contributed by atoms with E-state index in [1.54, 1.807) is 6.20 Å². The van der Waals surface area contributed by atoms with Crippen LogP contribution in [0.15, 0.2) is 79.0 Å². The molecule has 32 heavy (non-hydrogen) atoms. The molecule has 0 aliphatic heterocycles. The first kappa shape index (κ1) is 21.8. The van der Waals surface area contributed by atoms with E-state index in [2.05, 4.69) is 81.3 Å². The molecule has 164 valence electrons. The predicted molar refractivity (Wildman–Crippen MR) is 133 cm³/mol. The molecule has 0 saturated carbocycles. The van der Waals surface area contributed by atoms with Crippen molar-refractivity contribution in [1.82, 2.24) is 15.0 Å². The predicted octanol–water partition coefficient (Wildman–Crippen LogP) is 5.89. The van der Waals surface area contributed by atoms with Gasteiger partial charge in [0, 0.05) is 19.3 Å². The molecule has 0 unspecified atom stereocenters. The third kappa shape index (κ3) is 6.51. The van der Waals surface area contributed by atoms with Crippen molar-refractivity contribution in [2.45, 2.75) is 38.5 Å². The summed E-state index contributed by atoms with van der Waals surface area (Å²) >= 11 is 0. The summed E-state index contributed by atoms with van der Waals surface area (Å²) in [5.74, 6) is 1.50. The number of hydrogen-bond donors (Lipinski definition) is 2. The first-order chi connectivity index (χ1) is 15.9. The molecule has 0 bridgehead atoms. The minimum Gasteiger partial charge on any atom is -0.369 e. The maximum absolute atomic E-state index is 4.74. The molecule has 0 amide bonds. The largest absolute Gasteiger partial charge is 0.369 e. The number of aryl methyl sites for hydroxylation is 2. The molecule has 5 nitrogen and oxygen atoms in total. The number of aromatic nitrogens is 3. The SMILES string of the molecule is c1ccc(CCCCNc2nc(NCCCCc3ccccc3)c3cccnc3n2)cc1. The van der Waals surface area contributed by atoms with Crippen LogP contribution in [0.25, 0.3) is 11.0 Å². The number of nitrogens with one attached hydrogen (secondary N) is 2. The lowest BCUT2D eigenvalue weighted by molar-refractivity contribution is 0.757. The summed E-state index contributed by atoms with van der Waals surface area (Å²) in [7, 11) is 0. The summed E-state index contributed by atoms with van der Waals surface area (Å²) in [6.07, 6.45) is 8.41.